The van der Waals surface area contributed by atoms with Crippen LogP contribution in [0.3, 0.4) is 0 Å². The largest absolute Gasteiger partial charge is 0.455 e. The summed E-state index contributed by atoms with van der Waals surface area (Å²) in [5.74, 6) is 0. The van der Waals surface area contributed by atoms with Gasteiger partial charge in [-0.05, 0) is 77.1 Å². The zero-order valence-electron chi connectivity index (χ0n) is 23.3. The van der Waals surface area contributed by atoms with Gasteiger partial charge in [-0.1, -0.05) is 133 Å². The van der Waals surface area contributed by atoms with Crippen LogP contribution >= 0.6 is 0 Å². The van der Waals surface area contributed by atoms with Crippen molar-refractivity contribution in [3.05, 3.63) is 146 Å². The van der Waals surface area contributed by atoms with Gasteiger partial charge >= 0.3 is 0 Å². The fourth-order valence-corrected chi connectivity index (χ4v) is 7.56. The Labute approximate surface area is 247 Å². The monoisotopic (exact) mass is 544 g/mol. The van der Waals surface area contributed by atoms with Crippen LogP contribution in [0.1, 0.15) is 0 Å². The average Bonchev–Trinajstić information content (AvgIpc) is 3.47. The van der Waals surface area contributed by atoms with Crippen LogP contribution in [0.2, 0.25) is 0 Å². The summed E-state index contributed by atoms with van der Waals surface area (Å²) in [6, 6.07) is 52.9. The van der Waals surface area contributed by atoms with Crippen LogP contribution < -0.4 is 0 Å². The second-order valence-corrected chi connectivity index (χ2v) is 11.6. The Morgan fingerprint density at radius 3 is 1.23 bits per heavy atom. The third-order valence-electron chi connectivity index (χ3n) is 9.39. The number of fused-ring (bicyclic) bond motifs is 9. The quantitative estimate of drug-likeness (QED) is 0.156. The van der Waals surface area contributed by atoms with E-state index in [0.717, 1.165) is 38.6 Å². The van der Waals surface area contributed by atoms with Gasteiger partial charge in [0.1, 0.15) is 11.2 Å². The highest BCUT2D eigenvalue weighted by molar-refractivity contribution is 6.40. The molecule has 0 unspecified atom stereocenters. The van der Waals surface area contributed by atoms with Gasteiger partial charge in [0.05, 0.1) is 0 Å². The Balaban J connectivity index is 1.37. The number of para-hydroxylation sites is 2. The van der Waals surface area contributed by atoms with Crippen molar-refractivity contribution in [1.29, 1.82) is 0 Å². The van der Waals surface area contributed by atoms with Crippen molar-refractivity contribution in [2.45, 2.75) is 0 Å². The van der Waals surface area contributed by atoms with E-state index in [4.69, 9.17) is 4.42 Å². The predicted octanol–water partition coefficient (Wildman–Crippen LogP) is 12.1. The van der Waals surface area contributed by atoms with Crippen molar-refractivity contribution in [3.8, 4) is 22.3 Å². The molecule has 0 amide bonds. The van der Waals surface area contributed by atoms with Gasteiger partial charge in [0.15, 0.2) is 0 Å². The van der Waals surface area contributed by atoms with E-state index in [1.54, 1.807) is 0 Å². The maximum Gasteiger partial charge on any atom is 0.143 e. The lowest BCUT2D eigenvalue weighted by molar-refractivity contribution is 0.671. The molecule has 1 aromatic heterocycles. The van der Waals surface area contributed by atoms with Crippen LogP contribution in [0.25, 0.3) is 98.1 Å². The Kier molecular flexibility index (Phi) is 4.51. The molecule has 0 atom stereocenters. The maximum atomic E-state index is 6.85. The van der Waals surface area contributed by atoms with Crippen molar-refractivity contribution >= 4 is 75.8 Å². The first-order valence-electron chi connectivity index (χ1n) is 14.9. The van der Waals surface area contributed by atoms with E-state index in [0.29, 0.717) is 0 Å². The summed E-state index contributed by atoms with van der Waals surface area (Å²) in [6.45, 7) is 0. The lowest BCUT2D eigenvalue weighted by atomic mass is 9.84. The van der Waals surface area contributed by atoms with Gasteiger partial charge < -0.3 is 4.42 Å². The van der Waals surface area contributed by atoms with Gasteiger partial charge in [0.2, 0.25) is 0 Å². The smallest absolute Gasteiger partial charge is 0.143 e. The van der Waals surface area contributed by atoms with Crippen molar-refractivity contribution in [1.82, 2.24) is 0 Å². The molecule has 0 aliphatic carbocycles. The molecule has 43 heavy (non-hydrogen) atoms. The minimum Gasteiger partial charge on any atom is -0.455 e. The van der Waals surface area contributed by atoms with Crippen molar-refractivity contribution in [2.75, 3.05) is 0 Å². The highest BCUT2D eigenvalue weighted by Crippen LogP contribution is 2.47. The molecule has 0 saturated heterocycles. The first kappa shape index (κ1) is 23.0. The van der Waals surface area contributed by atoms with Gasteiger partial charge in [-0.25, -0.2) is 0 Å². The topological polar surface area (TPSA) is 13.1 Å². The predicted molar refractivity (Wildman–Crippen MR) is 183 cm³/mol. The number of hydrogen-bond acceptors (Lipinski definition) is 1. The molecule has 0 radical (unpaired) electrons. The Hall–Kier alpha value is -5.66. The minimum atomic E-state index is 0.933. The van der Waals surface area contributed by atoms with Crippen LogP contribution in [0, 0.1) is 0 Å². The molecule has 0 fully saturated rings. The standard InChI is InChI=1S/C42H24O/c1-2-11-25(12-3-1)27-17-8-21-35-36-22-9-18-28(42(36)43-41(27)35)26-23-37-31-15-6-4-13-29(31)33-19-10-20-34-30-14-5-7-16-32(30)38(24-26)40(37)39(33)34/h1-24H. The van der Waals surface area contributed by atoms with Crippen molar-refractivity contribution in [2.24, 2.45) is 0 Å². The molecule has 0 N–H and O–H groups in total. The molecule has 0 saturated carbocycles. The van der Waals surface area contributed by atoms with E-state index in [2.05, 4.69) is 146 Å². The molecule has 1 nitrogen and oxygen atoms in total. The summed E-state index contributed by atoms with van der Waals surface area (Å²) >= 11 is 0. The number of furan rings is 1. The lowest BCUT2D eigenvalue weighted by Crippen LogP contribution is -1.91. The van der Waals surface area contributed by atoms with Crippen molar-refractivity contribution < 1.29 is 4.42 Å². The molecule has 0 aliphatic rings. The number of hydrogen-bond donors (Lipinski definition) is 0. The van der Waals surface area contributed by atoms with Gasteiger partial charge in [-0.2, -0.15) is 0 Å². The fourth-order valence-electron chi connectivity index (χ4n) is 7.56. The zero-order chi connectivity index (χ0) is 28.1. The lowest BCUT2D eigenvalue weighted by Gasteiger charge is -2.18. The number of benzene rings is 9. The molecule has 1 heteroatoms. The first-order valence-corrected chi connectivity index (χ1v) is 14.9. The van der Waals surface area contributed by atoms with Crippen LogP contribution in [-0.2, 0) is 0 Å². The normalized spacial score (nSPS) is 12.2. The summed E-state index contributed by atoms with van der Waals surface area (Å²) in [5.41, 5.74) is 6.44. The van der Waals surface area contributed by atoms with E-state index in [9.17, 15) is 0 Å². The van der Waals surface area contributed by atoms with Crippen LogP contribution in [0.5, 0.6) is 0 Å². The van der Waals surface area contributed by atoms with Crippen LogP contribution in [-0.4, -0.2) is 0 Å². The highest BCUT2D eigenvalue weighted by atomic mass is 16.3. The fraction of sp³-hybridized carbons (Fsp3) is 0. The SMILES string of the molecule is c1ccc(-c2cccc3c2oc2c(-c4cc5c6ccccc6c6cccc7c8ccccc8c(c4)c5c67)cccc23)cc1. The highest BCUT2D eigenvalue weighted by Gasteiger charge is 2.20. The Morgan fingerprint density at radius 2 is 0.674 bits per heavy atom. The first-order chi connectivity index (χ1) is 21.3. The third-order valence-corrected chi connectivity index (χ3v) is 9.39. The second-order valence-electron chi connectivity index (χ2n) is 11.6. The van der Waals surface area contributed by atoms with Crippen LogP contribution in [0.4, 0.5) is 0 Å². The summed E-state index contributed by atoms with van der Waals surface area (Å²) in [6.07, 6.45) is 0. The molecule has 0 aliphatic heterocycles. The molecule has 10 rings (SSSR count). The molecular formula is C42H24O. The van der Waals surface area contributed by atoms with Gasteiger partial charge in [0.25, 0.3) is 0 Å². The molecule has 1 heterocycles. The van der Waals surface area contributed by atoms with Gasteiger partial charge in [-0.15, -0.1) is 0 Å². The second kappa shape index (κ2) is 8.44. The van der Waals surface area contributed by atoms with E-state index in [1.807, 2.05) is 0 Å². The van der Waals surface area contributed by atoms with Gasteiger partial charge in [0, 0.05) is 21.9 Å². The maximum absolute atomic E-state index is 6.85. The van der Waals surface area contributed by atoms with E-state index in [1.165, 1.54) is 59.4 Å². The summed E-state index contributed by atoms with van der Waals surface area (Å²) in [7, 11) is 0. The molecule has 10 aromatic rings. The Morgan fingerprint density at radius 1 is 0.279 bits per heavy atom. The van der Waals surface area contributed by atoms with E-state index >= 15 is 0 Å². The van der Waals surface area contributed by atoms with Crippen LogP contribution in [0.15, 0.2) is 150 Å². The minimum absolute atomic E-state index is 0.933. The van der Waals surface area contributed by atoms with Gasteiger partial charge in [-0.3, -0.25) is 0 Å². The van der Waals surface area contributed by atoms with E-state index < -0.39 is 0 Å². The summed E-state index contributed by atoms with van der Waals surface area (Å²) in [5, 5.41) is 15.4. The molecule has 9 aromatic carbocycles. The summed E-state index contributed by atoms with van der Waals surface area (Å²) < 4.78 is 6.85. The Bertz CT molecular complexity index is 2610. The number of rotatable bonds is 2. The van der Waals surface area contributed by atoms with E-state index in [-0.39, 0.29) is 0 Å². The molecular weight excluding hydrogens is 520 g/mol. The zero-order valence-corrected chi connectivity index (χ0v) is 23.3. The van der Waals surface area contributed by atoms with Crippen molar-refractivity contribution in [3.63, 3.8) is 0 Å². The average molecular weight is 545 g/mol. The third kappa shape index (κ3) is 3.06. The molecule has 198 valence electrons. The molecule has 0 bridgehead atoms. The molecule has 0 spiro atoms. The summed E-state index contributed by atoms with van der Waals surface area (Å²) in [4.78, 5) is 0.